The van der Waals surface area contributed by atoms with Crippen LogP contribution < -0.4 is 5.32 Å². The van der Waals surface area contributed by atoms with Gasteiger partial charge in [0.05, 0.1) is 16.3 Å². The summed E-state index contributed by atoms with van der Waals surface area (Å²) in [5.74, 6) is -0.883. The van der Waals surface area contributed by atoms with E-state index in [4.69, 9.17) is 16.6 Å². The number of benzene rings is 3. The molecular formula is C22H14ClFN2OS. The average molecular weight is 409 g/mol. The van der Waals surface area contributed by atoms with E-state index in [2.05, 4.69) is 5.32 Å². The number of hydrogen-bond acceptors (Lipinski definition) is 3. The Morgan fingerprint density at radius 1 is 0.964 bits per heavy atom. The van der Waals surface area contributed by atoms with Gasteiger partial charge in [0, 0.05) is 22.2 Å². The molecule has 0 spiro atoms. The maximum Gasteiger partial charge on any atom is 0.257 e. The molecule has 0 aliphatic rings. The maximum absolute atomic E-state index is 13.2. The smallest absolute Gasteiger partial charge is 0.257 e. The van der Waals surface area contributed by atoms with Crippen LogP contribution in [0.25, 0.3) is 21.8 Å². The highest BCUT2D eigenvalue weighted by Gasteiger charge is 2.12. The number of thiazole rings is 1. The third kappa shape index (κ3) is 3.96. The van der Waals surface area contributed by atoms with Crippen LogP contribution in [0.3, 0.4) is 0 Å². The van der Waals surface area contributed by atoms with Gasteiger partial charge in [0.1, 0.15) is 10.8 Å². The first-order valence-electron chi connectivity index (χ1n) is 8.48. The van der Waals surface area contributed by atoms with E-state index in [9.17, 15) is 9.18 Å². The predicted octanol–water partition coefficient (Wildman–Crippen LogP) is 6.52. The fourth-order valence-corrected chi connectivity index (χ4v) is 3.84. The van der Waals surface area contributed by atoms with Crippen molar-refractivity contribution < 1.29 is 9.18 Å². The molecule has 3 nitrogen and oxygen atoms in total. The zero-order valence-corrected chi connectivity index (χ0v) is 16.1. The molecule has 1 amide bonds. The normalized spacial score (nSPS) is 10.6. The molecule has 3 aromatic carbocycles. The molecule has 28 heavy (non-hydrogen) atoms. The van der Waals surface area contributed by atoms with Crippen molar-refractivity contribution in [3.05, 3.63) is 94.6 Å². The number of carbonyl (C=O) groups excluding carboxylic acids is 1. The number of nitrogens with zero attached hydrogens (tertiary/aromatic N) is 1. The molecule has 4 aromatic rings. The molecule has 0 aliphatic carbocycles. The molecule has 6 heteroatoms. The second kappa shape index (κ2) is 7.92. The van der Waals surface area contributed by atoms with Gasteiger partial charge in [0.15, 0.2) is 0 Å². The Kier molecular flexibility index (Phi) is 5.19. The minimum absolute atomic E-state index is 0.0701. The van der Waals surface area contributed by atoms with Gasteiger partial charge in [-0.15, -0.1) is 11.3 Å². The van der Waals surface area contributed by atoms with Crippen LogP contribution in [0.4, 0.5) is 10.1 Å². The first kappa shape index (κ1) is 18.3. The molecule has 0 fully saturated rings. The van der Waals surface area contributed by atoms with Crippen LogP contribution in [-0.2, 0) is 0 Å². The van der Waals surface area contributed by atoms with Crippen LogP contribution in [0, 0.1) is 5.82 Å². The topological polar surface area (TPSA) is 42.0 Å². The van der Waals surface area contributed by atoms with Gasteiger partial charge in [-0.2, -0.15) is 0 Å². The zero-order chi connectivity index (χ0) is 19.5. The maximum atomic E-state index is 13.2. The van der Waals surface area contributed by atoms with Crippen molar-refractivity contribution in [1.82, 2.24) is 4.98 Å². The summed E-state index contributed by atoms with van der Waals surface area (Å²) in [6.07, 6.45) is 0. The largest absolute Gasteiger partial charge is 0.322 e. The molecule has 0 aliphatic heterocycles. The third-order valence-corrected chi connectivity index (χ3v) is 5.32. The summed E-state index contributed by atoms with van der Waals surface area (Å²) >= 11 is 7.54. The molecule has 4 rings (SSSR count). The highest BCUT2D eigenvalue weighted by Crippen LogP contribution is 2.30. The van der Waals surface area contributed by atoms with Crippen LogP contribution in [0.15, 0.2) is 78.2 Å². The Labute approximate surface area is 170 Å². The van der Waals surface area contributed by atoms with E-state index in [0.717, 1.165) is 27.9 Å². The van der Waals surface area contributed by atoms with Gasteiger partial charge in [-0.3, -0.25) is 4.79 Å². The van der Waals surface area contributed by atoms with E-state index in [1.54, 1.807) is 17.4 Å². The lowest BCUT2D eigenvalue weighted by atomic mass is 10.1. The van der Waals surface area contributed by atoms with E-state index in [0.29, 0.717) is 5.69 Å². The Bertz CT molecular complexity index is 1140. The van der Waals surface area contributed by atoms with Gasteiger partial charge < -0.3 is 5.32 Å². The fourth-order valence-electron chi connectivity index (χ4n) is 2.75. The van der Waals surface area contributed by atoms with E-state index < -0.39 is 11.7 Å². The number of hydrogen-bond donors (Lipinski definition) is 1. The molecule has 1 N–H and O–H groups in total. The number of halogens is 2. The molecule has 0 saturated carbocycles. The van der Waals surface area contributed by atoms with Crippen LogP contribution in [0.2, 0.25) is 5.02 Å². The first-order chi connectivity index (χ1) is 13.6. The number of rotatable bonds is 4. The minimum Gasteiger partial charge on any atom is -0.322 e. The van der Waals surface area contributed by atoms with Crippen molar-refractivity contribution >= 4 is 34.5 Å². The van der Waals surface area contributed by atoms with Gasteiger partial charge in [-0.25, -0.2) is 9.37 Å². The van der Waals surface area contributed by atoms with Crippen molar-refractivity contribution in [1.29, 1.82) is 0 Å². The Balaban J connectivity index is 1.57. The van der Waals surface area contributed by atoms with E-state index in [1.807, 2.05) is 53.9 Å². The lowest BCUT2D eigenvalue weighted by Gasteiger charge is -2.08. The number of carbonyl (C=O) groups is 1. The van der Waals surface area contributed by atoms with E-state index >= 15 is 0 Å². The standard InChI is InChI=1S/C22H14ClFN2OS/c23-19-12-16(24)9-10-18(19)21(27)25-17-8-4-7-15(11-17)20-13-28-22(26-20)14-5-2-1-3-6-14/h1-13H,(H,25,27). The van der Waals surface area contributed by atoms with Gasteiger partial charge in [-0.05, 0) is 30.3 Å². The third-order valence-electron chi connectivity index (χ3n) is 4.12. The average Bonchev–Trinajstić information content (AvgIpc) is 3.19. The van der Waals surface area contributed by atoms with Crippen LogP contribution in [0.1, 0.15) is 10.4 Å². The number of nitrogens with one attached hydrogen (secondary N) is 1. The van der Waals surface area contributed by atoms with Gasteiger partial charge >= 0.3 is 0 Å². The number of anilines is 1. The minimum atomic E-state index is -0.485. The summed E-state index contributed by atoms with van der Waals surface area (Å²) < 4.78 is 13.2. The molecule has 0 radical (unpaired) electrons. The van der Waals surface area contributed by atoms with Crippen molar-refractivity contribution in [2.45, 2.75) is 0 Å². The monoisotopic (exact) mass is 408 g/mol. The van der Waals surface area contributed by atoms with Crippen LogP contribution >= 0.6 is 22.9 Å². The van der Waals surface area contributed by atoms with Crippen molar-refractivity contribution in [3.63, 3.8) is 0 Å². The van der Waals surface area contributed by atoms with Gasteiger partial charge in [0.25, 0.3) is 5.91 Å². The Morgan fingerprint density at radius 2 is 1.75 bits per heavy atom. The highest BCUT2D eigenvalue weighted by molar-refractivity contribution is 7.13. The molecule has 1 aromatic heterocycles. The molecule has 0 bridgehead atoms. The summed E-state index contributed by atoms with van der Waals surface area (Å²) in [6.45, 7) is 0. The molecule has 0 unspecified atom stereocenters. The van der Waals surface area contributed by atoms with E-state index in [-0.39, 0.29) is 10.6 Å². The molecule has 138 valence electrons. The Morgan fingerprint density at radius 3 is 2.54 bits per heavy atom. The molecule has 0 atom stereocenters. The summed E-state index contributed by atoms with van der Waals surface area (Å²) in [5, 5.41) is 5.79. The predicted molar refractivity (Wildman–Crippen MR) is 112 cm³/mol. The quantitative estimate of drug-likeness (QED) is 0.417. The summed E-state index contributed by atoms with van der Waals surface area (Å²) in [6, 6.07) is 21.1. The molecule has 0 saturated heterocycles. The number of aromatic nitrogens is 1. The zero-order valence-electron chi connectivity index (χ0n) is 14.5. The van der Waals surface area contributed by atoms with E-state index in [1.165, 1.54) is 12.1 Å². The van der Waals surface area contributed by atoms with Crippen LogP contribution in [0.5, 0.6) is 0 Å². The van der Waals surface area contributed by atoms with Crippen molar-refractivity contribution in [2.24, 2.45) is 0 Å². The summed E-state index contributed by atoms with van der Waals surface area (Å²) in [4.78, 5) is 17.1. The second-order valence-electron chi connectivity index (χ2n) is 6.06. The Hall–Kier alpha value is -3.02. The second-order valence-corrected chi connectivity index (χ2v) is 7.33. The van der Waals surface area contributed by atoms with Crippen LogP contribution in [-0.4, -0.2) is 10.9 Å². The first-order valence-corrected chi connectivity index (χ1v) is 9.74. The highest BCUT2D eigenvalue weighted by atomic mass is 35.5. The van der Waals surface area contributed by atoms with Gasteiger partial charge in [0.2, 0.25) is 0 Å². The summed E-state index contributed by atoms with van der Waals surface area (Å²) in [7, 11) is 0. The van der Waals surface area contributed by atoms with Crippen molar-refractivity contribution in [2.75, 3.05) is 5.32 Å². The SMILES string of the molecule is O=C(Nc1cccc(-c2csc(-c3ccccc3)n2)c1)c1ccc(F)cc1Cl. The molecular weight excluding hydrogens is 395 g/mol. The van der Waals surface area contributed by atoms with Crippen molar-refractivity contribution in [3.8, 4) is 21.8 Å². The van der Waals surface area contributed by atoms with Gasteiger partial charge in [-0.1, -0.05) is 54.1 Å². The fraction of sp³-hybridized carbons (Fsp3) is 0. The number of amides is 1. The lowest BCUT2D eigenvalue weighted by molar-refractivity contribution is 0.102. The lowest BCUT2D eigenvalue weighted by Crippen LogP contribution is -2.12. The molecule has 1 heterocycles. The summed E-state index contributed by atoms with van der Waals surface area (Å²) in [5.41, 5.74) is 3.61.